The molecule has 1 heteroatoms. The molecule has 1 aromatic rings. The fourth-order valence-corrected chi connectivity index (χ4v) is 10.1. The Kier molecular flexibility index (Phi) is 3.52. The van der Waals surface area contributed by atoms with Gasteiger partial charge in [-0.2, -0.15) is 0 Å². The van der Waals surface area contributed by atoms with Crippen LogP contribution in [0, 0.1) is 0 Å². The van der Waals surface area contributed by atoms with Gasteiger partial charge in [-0.15, -0.1) is 0 Å². The Bertz CT molecular complexity index is 660. The average molecular weight is 429 g/mol. The van der Waals surface area contributed by atoms with E-state index in [0.717, 1.165) is 0 Å². The number of rotatable bonds is 2. The number of hydrogen-bond donors (Lipinski definition) is 0. The molecule has 0 spiro atoms. The van der Waals surface area contributed by atoms with Crippen LogP contribution in [0.5, 0.6) is 0 Å². The van der Waals surface area contributed by atoms with Crippen molar-refractivity contribution in [2.45, 2.75) is 43.7 Å². The van der Waals surface area contributed by atoms with Crippen LogP contribution in [-0.2, 0) is 22.9 Å². The number of benzene rings is 1. The summed E-state index contributed by atoms with van der Waals surface area (Å²) in [6.07, 6.45) is 5.05. The fraction of sp³-hybridized carbons (Fsp3) is 0.368. The molecule has 0 saturated carbocycles. The topological polar surface area (TPSA) is 0 Å². The predicted octanol–water partition coefficient (Wildman–Crippen LogP) is 5.70. The monoisotopic (exact) mass is 430 g/mol. The zero-order valence-electron chi connectivity index (χ0n) is 13.0. The molecule has 2 aliphatic rings. The Morgan fingerprint density at radius 2 is 1.80 bits per heavy atom. The van der Waals surface area contributed by atoms with E-state index in [4.69, 9.17) is 0 Å². The van der Waals surface area contributed by atoms with E-state index in [1.165, 1.54) is 22.3 Å². The van der Waals surface area contributed by atoms with Crippen molar-refractivity contribution in [2.24, 2.45) is 0 Å². The summed E-state index contributed by atoms with van der Waals surface area (Å²) in [5.41, 5.74) is 7.66. The molecule has 0 nitrogen and oxygen atoms in total. The number of fused-ring (bicyclic) bond motifs is 1. The quantitative estimate of drug-likeness (QED) is 0.530. The molecule has 0 amide bonds. The molecule has 0 heterocycles. The van der Waals surface area contributed by atoms with Gasteiger partial charge in [-0.3, -0.25) is 0 Å². The molecule has 2 aliphatic carbocycles. The summed E-state index contributed by atoms with van der Waals surface area (Å²) in [5.74, 6) is 0.647. The third-order valence-electron chi connectivity index (χ3n) is 5.08. The van der Waals surface area contributed by atoms with Gasteiger partial charge in [0, 0.05) is 0 Å². The molecule has 20 heavy (non-hydrogen) atoms. The number of hydrogen-bond acceptors (Lipinski definition) is 0. The summed E-state index contributed by atoms with van der Waals surface area (Å²) in [7, 11) is 0. The third kappa shape index (κ3) is 2.15. The van der Waals surface area contributed by atoms with Crippen LogP contribution in [-0.4, -0.2) is 0 Å². The van der Waals surface area contributed by atoms with Crippen LogP contribution in [0.2, 0.25) is 3.17 Å². The first-order chi connectivity index (χ1) is 9.42. The van der Waals surface area contributed by atoms with Gasteiger partial charge in [0.2, 0.25) is 0 Å². The van der Waals surface area contributed by atoms with Crippen molar-refractivity contribution >= 4 is 6.08 Å². The van der Waals surface area contributed by atoms with Gasteiger partial charge in [0.25, 0.3) is 0 Å². The SMILES string of the molecule is CC1=C[C](C)([Hf][C]2=Cc3ccccc3C2C)C(C)=C1C. The van der Waals surface area contributed by atoms with Crippen LogP contribution in [0.4, 0.5) is 0 Å². The minimum atomic E-state index is -0.916. The minimum absolute atomic E-state index is 0.399. The molecule has 0 saturated heterocycles. The van der Waals surface area contributed by atoms with Crippen molar-refractivity contribution in [3.05, 3.63) is 61.5 Å². The van der Waals surface area contributed by atoms with Crippen LogP contribution in [0.25, 0.3) is 6.08 Å². The van der Waals surface area contributed by atoms with Crippen molar-refractivity contribution < 1.29 is 22.9 Å². The second-order valence-corrected chi connectivity index (χ2v) is 13.1. The van der Waals surface area contributed by atoms with Crippen LogP contribution in [0.3, 0.4) is 0 Å². The first kappa shape index (κ1) is 14.3. The standard InChI is InChI=1S/C10H9.C9H13.Hf/c1-8-6-7-9-4-2-3-5-10(8)9;1-6-5-7(2)9(4)8(6)3;/h2-5,7-8H,1H3;5H,1-4H3;. The van der Waals surface area contributed by atoms with E-state index in [-0.39, 0.29) is 0 Å². The Morgan fingerprint density at radius 1 is 1.10 bits per heavy atom. The predicted molar refractivity (Wildman–Crippen MR) is 83.3 cm³/mol. The van der Waals surface area contributed by atoms with Gasteiger partial charge in [-0.25, -0.2) is 0 Å². The number of allylic oxidation sites excluding steroid dienone is 5. The summed E-state index contributed by atoms with van der Waals surface area (Å²) < 4.78 is 2.17. The summed E-state index contributed by atoms with van der Waals surface area (Å²) in [4.78, 5) is 0. The molecule has 0 N–H and O–H groups in total. The Hall–Kier alpha value is -0.690. The molecule has 2 atom stereocenters. The average Bonchev–Trinajstić information content (AvgIpc) is 2.82. The molecule has 1 aromatic carbocycles. The van der Waals surface area contributed by atoms with E-state index < -0.39 is 22.9 Å². The molecular weight excluding hydrogens is 407 g/mol. The van der Waals surface area contributed by atoms with E-state index in [2.05, 4.69) is 71.0 Å². The van der Waals surface area contributed by atoms with E-state index in [1.807, 2.05) is 0 Å². The molecule has 102 valence electrons. The van der Waals surface area contributed by atoms with Crippen LogP contribution >= 0.6 is 0 Å². The van der Waals surface area contributed by atoms with Crippen molar-refractivity contribution in [3.63, 3.8) is 0 Å². The fourth-order valence-electron chi connectivity index (χ4n) is 3.41. The summed E-state index contributed by atoms with van der Waals surface area (Å²) in [6.45, 7) is 11.8. The first-order valence-corrected chi connectivity index (χ1v) is 11.0. The second kappa shape index (κ2) is 4.94. The zero-order chi connectivity index (χ0) is 14.5. The normalized spacial score (nSPS) is 28.4. The van der Waals surface area contributed by atoms with E-state index in [1.54, 1.807) is 8.90 Å². The molecular formula is C19H22Hf. The van der Waals surface area contributed by atoms with Gasteiger partial charge >= 0.3 is 134 Å². The van der Waals surface area contributed by atoms with Gasteiger partial charge in [0.05, 0.1) is 0 Å². The second-order valence-electron chi connectivity index (χ2n) is 6.35. The molecule has 0 fully saturated rings. The Morgan fingerprint density at radius 3 is 2.40 bits per heavy atom. The van der Waals surface area contributed by atoms with E-state index in [0.29, 0.717) is 9.09 Å². The first-order valence-electron chi connectivity index (χ1n) is 7.39. The molecule has 2 unspecified atom stereocenters. The maximum atomic E-state index is 2.55. The van der Waals surface area contributed by atoms with Crippen LogP contribution < -0.4 is 0 Å². The van der Waals surface area contributed by atoms with E-state index in [9.17, 15) is 0 Å². The Labute approximate surface area is 134 Å². The van der Waals surface area contributed by atoms with Crippen molar-refractivity contribution in [3.8, 4) is 0 Å². The molecule has 3 rings (SSSR count). The molecule has 0 aliphatic heterocycles. The van der Waals surface area contributed by atoms with Crippen molar-refractivity contribution in [2.75, 3.05) is 0 Å². The van der Waals surface area contributed by atoms with Gasteiger partial charge in [-0.05, 0) is 0 Å². The Balaban J connectivity index is 1.92. The molecule has 0 bridgehead atoms. The van der Waals surface area contributed by atoms with Gasteiger partial charge in [0.1, 0.15) is 0 Å². The molecule has 0 radical (unpaired) electrons. The zero-order valence-corrected chi connectivity index (χ0v) is 16.6. The van der Waals surface area contributed by atoms with Gasteiger partial charge < -0.3 is 0 Å². The summed E-state index contributed by atoms with van der Waals surface area (Å²) in [5, 5.41) is 0. The summed E-state index contributed by atoms with van der Waals surface area (Å²) >= 11 is -0.916. The van der Waals surface area contributed by atoms with E-state index >= 15 is 0 Å². The maximum absolute atomic E-state index is 2.55. The van der Waals surface area contributed by atoms with Gasteiger partial charge in [0.15, 0.2) is 0 Å². The summed E-state index contributed by atoms with van der Waals surface area (Å²) in [6, 6.07) is 8.92. The third-order valence-corrected chi connectivity index (χ3v) is 11.9. The van der Waals surface area contributed by atoms with Crippen molar-refractivity contribution in [1.82, 2.24) is 0 Å². The van der Waals surface area contributed by atoms with Gasteiger partial charge in [-0.1, -0.05) is 0 Å². The molecule has 0 aromatic heterocycles. The van der Waals surface area contributed by atoms with Crippen LogP contribution in [0.1, 0.15) is 51.7 Å². The van der Waals surface area contributed by atoms with Crippen molar-refractivity contribution in [1.29, 1.82) is 0 Å². The van der Waals surface area contributed by atoms with Crippen LogP contribution in [0.15, 0.2) is 50.4 Å².